The summed E-state index contributed by atoms with van der Waals surface area (Å²) < 4.78 is 5.37. The van der Waals surface area contributed by atoms with Crippen molar-refractivity contribution in [2.45, 2.75) is 18.9 Å². The Hall–Kier alpha value is -0.270. The zero-order chi connectivity index (χ0) is 8.06. The summed E-state index contributed by atoms with van der Waals surface area (Å²) in [6, 6.07) is 0. The van der Waals surface area contributed by atoms with E-state index in [0.29, 0.717) is 5.92 Å². The van der Waals surface area contributed by atoms with Gasteiger partial charge in [0.15, 0.2) is 0 Å². The second-order valence-electron chi connectivity index (χ2n) is 3.31. The highest BCUT2D eigenvalue weighted by atomic mass is 35.5. The molecule has 2 atom stereocenters. The third-order valence-electron chi connectivity index (χ3n) is 2.55. The zero-order valence-corrected chi connectivity index (χ0v) is 7.48. The van der Waals surface area contributed by atoms with Gasteiger partial charge in [0.05, 0.1) is 5.03 Å². The van der Waals surface area contributed by atoms with Gasteiger partial charge in [0.2, 0.25) is 0 Å². The molecule has 0 aromatic heterocycles. The summed E-state index contributed by atoms with van der Waals surface area (Å²) in [6.07, 6.45) is 5.28. The van der Waals surface area contributed by atoms with E-state index in [9.17, 15) is 0 Å². The van der Waals surface area contributed by atoms with Gasteiger partial charge in [-0.15, -0.1) is 0 Å². The molecule has 0 radical (unpaired) electrons. The topological polar surface area (TPSA) is 9.23 Å². The van der Waals surface area contributed by atoms with Gasteiger partial charge in [0, 0.05) is 13.0 Å². The summed E-state index contributed by atoms with van der Waals surface area (Å²) in [4.78, 5) is 0. The molecule has 2 rings (SSSR count). The van der Waals surface area contributed by atoms with Crippen LogP contribution in [-0.2, 0) is 4.74 Å². The van der Waals surface area contributed by atoms with Crippen LogP contribution >= 0.6 is 11.6 Å². The lowest BCUT2D eigenvalue weighted by atomic mass is 10.1. The van der Waals surface area contributed by atoms with E-state index in [-0.39, 0.29) is 5.60 Å². The SMILES string of the molecule is COC12CC1C=C(C)C=C2Cl. The van der Waals surface area contributed by atoms with Crippen LogP contribution in [0.2, 0.25) is 0 Å². The monoisotopic (exact) mass is 170 g/mol. The second-order valence-corrected chi connectivity index (χ2v) is 3.71. The van der Waals surface area contributed by atoms with E-state index in [1.54, 1.807) is 7.11 Å². The highest BCUT2D eigenvalue weighted by Gasteiger charge is 2.57. The number of hydrogen-bond acceptors (Lipinski definition) is 1. The molecule has 0 aromatic rings. The average molecular weight is 171 g/mol. The lowest BCUT2D eigenvalue weighted by Crippen LogP contribution is -2.17. The Balaban J connectivity index is 2.33. The third-order valence-corrected chi connectivity index (χ3v) is 2.98. The zero-order valence-electron chi connectivity index (χ0n) is 6.73. The molecule has 0 aromatic carbocycles. The maximum absolute atomic E-state index is 6.06. The van der Waals surface area contributed by atoms with Crippen molar-refractivity contribution in [2.24, 2.45) is 5.92 Å². The first-order valence-electron chi connectivity index (χ1n) is 3.80. The number of ether oxygens (including phenoxy) is 1. The van der Waals surface area contributed by atoms with Crippen molar-refractivity contribution in [3.8, 4) is 0 Å². The molecular formula is C9H11ClO. The van der Waals surface area contributed by atoms with Gasteiger partial charge in [0.1, 0.15) is 5.60 Å². The lowest BCUT2D eigenvalue weighted by Gasteiger charge is -2.17. The van der Waals surface area contributed by atoms with Crippen LogP contribution in [0.15, 0.2) is 22.8 Å². The van der Waals surface area contributed by atoms with Crippen LogP contribution in [0.1, 0.15) is 13.3 Å². The van der Waals surface area contributed by atoms with Crippen LogP contribution < -0.4 is 0 Å². The first kappa shape index (κ1) is 7.38. The number of allylic oxidation sites excluding steroid dienone is 2. The lowest BCUT2D eigenvalue weighted by molar-refractivity contribution is 0.107. The van der Waals surface area contributed by atoms with Crippen LogP contribution in [-0.4, -0.2) is 12.7 Å². The molecule has 2 unspecified atom stereocenters. The van der Waals surface area contributed by atoms with Crippen molar-refractivity contribution in [3.05, 3.63) is 22.8 Å². The van der Waals surface area contributed by atoms with E-state index in [2.05, 4.69) is 13.0 Å². The van der Waals surface area contributed by atoms with Crippen LogP contribution in [0, 0.1) is 5.92 Å². The molecule has 0 heterocycles. The van der Waals surface area contributed by atoms with Crippen molar-refractivity contribution in [1.29, 1.82) is 0 Å². The fourth-order valence-corrected chi connectivity index (χ4v) is 2.22. The fraction of sp³-hybridized carbons (Fsp3) is 0.556. The first-order chi connectivity index (χ1) is 5.19. The Morgan fingerprint density at radius 3 is 3.00 bits per heavy atom. The van der Waals surface area contributed by atoms with Crippen molar-refractivity contribution < 1.29 is 4.74 Å². The summed E-state index contributed by atoms with van der Waals surface area (Å²) in [5, 5.41) is 0.866. The van der Waals surface area contributed by atoms with Gasteiger partial charge < -0.3 is 4.74 Å². The van der Waals surface area contributed by atoms with E-state index >= 15 is 0 Å². The smallest absolute Gasteiger partial charge is 0.110 e. The average Bonchev–Trinajstić information content (AvgIpc) is 2.63. The molecule has 1 nitrogen and oxygen atoms in total. The first-order valence-corrected chi connectivity index (χ1v) is 4.18. The standard InChI is InChI=1S/C9H11ClO/c1-6-3-7-5-9(7,11-2)8(10)4-6/h3-4,7H,5H2,1-2H3. The molecule has 0 spiro atoms. The molecule has 0 aliphatic heterocycles. The Bertz CT molecular complexity index is 254. The van der Waals surface area contributed by atoms with E-state index in [1.165, 1.54) is 5.57 Å². The highest BCUT2D eigenvalue weighted by Crippen LogP contribution is 2.56. The third kappa shape index (κ3) is 0.878. The van der Waals surface area contributed by atoms with Gasteiger partial charge >= 0.3 is 0 Å². The van der Waals surface area contributed by atoms with E-state index in [4.69, 9.17) is 16.3 Å². The van der Waals surface area contributed by atoms with Gasteiger partial charge in [0.25, 0.3) is 0 Å². The normalized spacial score (nSPS) is 40.8. The fourth-order valence-electron chi connectivity index (χ4n) is 1.76. The number of hydrogen-bond donors (Lipinski definition) is 0. The van der Waals surface area contributed by atoms with Crippen molar-refractivity contribution >= 4 is 11.6 Å². The van der Waals surface area contributed by atoms with Gasteiger partial charge in [-0.2, -0.15) is 0 Å². The molecule has 0 saturated heterocycles. The molecule has 11 heavy (non-hydrogen) atoms. The molecule has 0 bridgehead atoms. The van der Waals surface area contributed by atoms with Gasteiger partial charge in [-0.25, -0.2) is 0 Å². The minimum atomic E-state index is -0.124. The largest absolute Gasteiger partial charge is 0.372 e. The van der Waals surface area contributed by atoms with E-state index < -0.39 is 0 Å². The minimum absolute atomic E-state index is 0.124. The highest BCUT2D eigenvalue weighted by molar-refractivity contribution is 6.31. The summed E-state index contributed by atoms with van der Waals surface area (Å²) in [5.41, 5.74) is 1.13. The van der Waals surface area contributed by atoms with Crippen LogP contribution in [0.25, 0.3) is 0 Å². The molecule has 2 aliphatic rings. The second kappa shape index (κ2) is 2.11. The number of fused-ring (bicyclic) bond motifs is 1. The quantitative estimate of drug-likeness (QED) is 0.588. The molecular weight excluding hydrogens is 160 g/mol. The van der Waals surface area contributed by atoms with Crippen LogP contribution in [0.4, 0.5) is 0 Å². The summed E-state index contributed by atoms with van der Waals surface area (Å²) in [5.74, 6) is 0.532. The van der Waals surface area contributed by atoms with Gasteiger partial charge in [-0.3, -0.25) is 0 Å². The van der Waals surface area contributed by atoms with Gasteiger partial charge in [-0.05, 0) is 19.4 Å². The molecule has 2 heteroatoms. The van der Waals surface area contributed by atoms with Crippen molar-refractivity contribution in [3.63, 3.8) is 0 Å². The van der Waals surface area contributed by atoms with E-state index in [0.717, 1.165) is 11.5 Å². The molecule has 0 amide bonds. The Labute approximate surface area is 71.7 Å². The summed E-state index contributed by atoms with van der Waals surface area (Å²) in [6.45, 7) is 2.07. The number of halogens is 1. The Morgan fingerprint density at radius 2 is 2.45 bits per heavy atom. The molecule has 60 valence electrons. The number of methoxy groups -OCH3 is 1. The van der Waals surface area contributed by atoms with Crippen molar-refractivity contribution in [2.75, 3.05) is 7.11 Å². The summed E-state index contributed by atoms with van der Waals surface area (Å²) >= 11 is 6.06. The Morgan fingerprint density at radius 1 is 1.73 bits per heavy atom. The molecule has 1 saturated carbocycles. The Kier molecular flexibility index (Phi) is 1.42. The molecule has 1 fully saturated rings. The van der Waals surface area contributed by atoms with Gasteiger partial charge in [-0.1, -0.05) is 23.3 Å². The predicted octanol–water partition coefficient (Wildman–Crippen LogP) is 2.47. The predicted molar refractivity (Wildman–Crippen MR) is 45.5 cm³/mol. The molecule has 0 N–H and O–H groups in total. The maximum atomic E-state index is 6.06. The maximum Gasteiger partial charge on any atom is 0.110 e. The minimum Gasteiger partial charge on any atom is -0.372 e. The number of rotatable bonds is 1. The van der Waals surface area contributed by atoms with Crippen molar-refractivity contribution in [1.82, 2.24) is 0 Å². The summed E-state index contributed by atoms with van der Waals surface area (Å²) in [7, 11) is 1.73. The van der Waals surface area contributed by atoms with Crippen LogP contribution in [0.5, 0.6) is 0 Å². The van der Waals surface area contributed by atoms with Crippen LogP contribution in [0.3, 0.4) is 0 Å². The van der Waals surface area contributed by atoms with E-state index in [1.807, 2.05) is 6.08 Å². The molecule has 2 aliphatic carbocycles.